The molecule has 5 heteroatoms. The molecule has 2 rings (SSSR count). The lowest BCUT2D eigenvalue weighted by Crippen LogP contribution is -2.53. The van der Waals surface area contributed by atoms with E-state index in [-0.39, 0.29) is 12.0 Å². The number of alkyl carbamates (subject to hydrolysis) is 1. The summed E-state index contributed by atoms with van der Waals surface area (Å²) < 4.78 is 18.9. The highest BCUT2D eigenvalue weighted by Crippen LogP contribution is 2.34. The smallest absolute Gasteiger partial charge is 0.408 e. The molecule has 1 N–H and O–H groups in total. The Balaban J connectivity index is 2.09. The fourth-order valence-electron chi connectivity index (χ4n) is 3.23. The van der Waals surface area contributed by atoms with Crippen molar-refractivity contribution in [3.05, 3.63) is 35.9 Å². The fourth-order valence-corrected chi connectivity index (χ4v) is 3.23. The van der Waals surface area contributed by atoms with Crippen LogP contribution in [0.15, 0.2) is 30.3 Å². The Morgan fingerprint density at radius 2 is 2.04 bits per heavy atom. The van der Waals surface area contributed by atoms with Crippen molar-refractivity contribution in [3.63, 3.8) is 0 Å². The quantitative estimate of drug-likeness (QED) is 0.906. The number of carbonyl (C=O) groups excluding carboxylic acids is 1. The van der Waals surface area contributed by atoms with Crippen LogP contribution in [0.25, 0.3) is 0 Å². The molecule has 1 heterocycles. The van der Waals surface area contributed by atoms with Gasteiger partial charge in [0.05, 0.1) is 12.2 Å². The summed E-state index contributed by atoms with van der Waals surface area (Å²) in [6.07, 6.45) is -0.488. The molecule has 0 bridgehead atoms. The number of amides is 1. The lowest BCUT2D eigenvalue weighted by molar-refractivity contribution is 0.0437. The lowest BCUT2D eigenvalue weighted by Gasteiger charge is -2.32. The van der Waals surface area contributed by atoms with Gasteiger partial charge in [0, 0.05) is 25.0 Å². The highest BCUT2D eigenvalue weighted by Gasteiger charge is 2.46. The molecule has 4 nitrogen and oxygen atoms in total. The summed E-state index contributed by atoms with van der Waals surface area (Å²) >= 11 is 0. The number of nitrogens with zero attached hydrogens (tertiary/aromatic N) is 1. The number of benzene rings is 1. The Bertz CT molecular complexity index is 558. The van der Waals surface area contributed by atoms with Gasteiger partial charge < -0.3 is 10.1 Å². The minimum absolute atomic E-state index is 0.169. The van der Waals surface area contributed by atoms with E-state index in [1.54, 1.807) is 0 Å². The third-order valence-corrected chi connectivity index (χ3v) is 4.69. The molecule has 1 fully saturated rings. The van der Waals surface area contributed by atoms with Gasteiger partial charge in [-0.15, -0.1) is 0 Å². The molecule has 3 atom stereocenters. The first kappa shape index (κ1) is 18.7. The first-order valence-corrected chi connectivity index (χ1v) is 8.51. The van der Waals surface area contributed by atoms with E-state index in [4.69, 9.17) is 4.74 Å². The van der Waals surface area contributed by atoms with Crippen LogP contribution in [0.2, 0.25) is 0 Å². The SMILES string of the molecule is C[C@H](c1ccccc1)N1C[C@H](CF)[C@](C)(NC(=O)OC(C)(C)C)C1. The molecule has 1 amide bonds. The minimum Gasteiger partial charge on any atom is -0.444 e. The molecule has 0 spiro atoms. The maximum absolute atomic E-state index is 13.6. The molecule has 134 valence electrons. The summed E-state index contributed by atoms with van der Waals surface area (Å²) in [5, 5.41) is 2.91. The Morgan fingerprint density at radius 1 is 1.42 bits per heavy atom. The van der Waals surface area contributed by atoms with Gasteiger partial charge in [0.1, 0.15) is 5.60 Å². The minimum atomic E-state index is -0.639. The van der Waals surface area contributed by atoms with E-state index in [2.05, 4.69) is 29.3 Å². The number of alkyl halides is 1. The summed E-state index contributed by atoms with van der Waals surface area (Å²) in [6.45, 7) is 10.2. The Labute approximate surface area is 144 Å². The van der Waals surface area contributed by atoms with Crippen LogP contribution >= 0.6 is 0 Å². The molecule has 0 unspecified atom stereocenters. The topological polar surface area (TPSA) is 41.6 Å². The van der Waals surface area contributed by atoms with Crippen LogP contribution in [0.5, 0.6) is 0 Å². The number of halogens is 1. The lowest BCUT2D eigenvalue weighted by atomic mass is 9.90. The van der Waals surface area contributed by atoms with E-state index < -0.39 is 23.9 Å². The first-order chi connectivity index (χ1) is 11.1. The number of ether oxygens (including phenoxy) is 1. The van der Waals surface area contributed by atoms with E-state index in [0.29, 0.717) is 13.1 Å². The summed E-state index contributed by atoms with van der Waals surface area (Å²) in [5.41, 5.74) is -0.0156. The van der Waals surface area contributed by atoms with Gasteiger partial charge in [-0.1, -0.05) is 30.3 Å². The fraction of sp³-hybridized carbons (Fsp3) is 0.632. The number of hydrogen-bond acceptors (Lipinski definition) is 3. The first-order valence-electron chi connectivity index (χ1n) is 8.51. The van der Waals surface area contributed by atoms with E-state index in [1.807, 2.05) is 45.9 Å². The average Bonchev–Trinajstić information content (AvgIpc) is 2.81. The van der Waals surface area contributed by atoms with Gasteiger partial charge >= 0.3 is 6.09 Å². The summed E-state index contributed by atoms with van der Waals surface area (Å²) in [6, 6.07) is 10.3. The van der Waals surface area contributed by atoms with Crippen molar-refractivity contribution in [1.29, 1.82) is 0 Å². The molecule has 1 saturated heterocycles. The van der Waals surface area contributed by atoms with Crippen molar-refractivity contribution in [3.8, 4) is 0 Å². The number of carbonyl (C=O) groups is 1. The second-order valence-corrected chi connectivity index (χ2v) is 7.91. The highest BCUT2D eigenvalue weighted by atomic mass is 19.1. The molecule has 1 aliphatic rings. The number of rotatable bonds is 4. The maximum Gasteiger partial charge on any atom is 0.408 e. The number of hydrogen-bond donors (Lipinski definition) is 1. The van der Waals surface area contributed by atoms with E-state index in [0.717, 1.165) is 0 Å². The summed E-state index contributed by atoms with van der Waals surface area (Å²) in [4.78, 5) is 14.4. The summed E-state index contributed by atoms with van der Waals surface area (Å²) in [5.74, 6) is -0.254. The zero-order chi connectivity index (χ0) is 18.0. The van der Waals surface area contributed by atoms with E-state index >= 15 is 0 Å². The maximum atomic E-state index is 13.6. The van der Waals surface area contributed by atoms with Crippen molar-refractivity contribution < 1.29 is 13.9 Å². The molecule has 0 aromatic heterocycles. The zero-order valence-corrected chi connectivity index (χ0v) is 15.3. The van der Waals surface area contributed by atoms with Crippen molar-refractivity contribution >= 4 is 6.09 Å². The van der Waals surface area contributed by atoms with Gasteiger partial charge in [-0.2, -0.15) is 0 Å². The Morgan fingerprint density at radius 3 is 2.58 bits per heavy atom. The number of nitrogens with one attached hydrogen (secondary N) is 1. The van der Waals surface area contributed by atoms with Crippen LogP contribution in [0.1, 0.15) is 46.2 Å². The Kier molecular flexibility index (Phi) is 5.53. The van der Waals surface area contributed by atoms with Crippen molar-refractivity contribution in [2.24, 2.45) is 5.92 Å². The van der Waals surface area contributed by atoms with E-state index in [1.165, 1.54) is 5.56 Å². The predicted octanol–water partition coefficient (Wildman–Crippen LogP) is 3.93. The van der Waals surface area contributed by atoms with Crippen molar-refractivity contribution in [2.45, 2.75) is 51.8 Å². The normalized spacial score (nSPS) is 26.2. The van der Waals surface area contributed by atoms with Gasteiger partial charge in [0.2, 0.25) is 0 Å². The molecular weight excluding hydrogens is 307 g/mol. The van der Waals surface area contributed by atoms with Gasteiger partial charge in [0.25, 0.3) is 0 Å². The molecule has 24 heavy (non-hydrogen) atoms. The second-order valence-electron chi connectivity index (χ2n) is 7.91. The van der Waals surface area contributed by atoms with Crippen molar-refractivity contribution in [2.75, 3.05) is 19.8 Å². The van der Waals surface area contributed by atoms with Gasteiger partial charge in [0.15, 0.2) is 0 Å². The third-order valence-electron chi connectivity index (χ3n) is 4.69. The van der Waals surface area contributed by atoms with Crippen LogP contribution in [0.3, 0.4) is 0 Å². The van der Waals surface area contributed by atoms with Crippen LogP contribution < -0.4 is 5.32 Å². The molecule has 1 aromatic carbocycles. The van der Waals surface area contributed by atoms with Gasteiger partial charge in [-0.25, -0.2) is 4.79 Å². The van der Waals surface area contributed by atoms with Crippen LogP contribution in [0, 0.1) is 5.92 Å². The van der Waals surface area contributed by atoms with Gasteiger partial charge in [-0.3, -0.25) is 9.29 Å². The molecule has 0 saturated carbocycles. The standard InChI is InChI=1S/C19H29FN2O2/c1-14(15-9-7-6-8-10-15)22-12-16(11-20)19(5,13-22)21-17(23)24-18(2,3)4/h6-10,14,16H,11-13H2,1-5H3,(H,21,23)/t14-,16+,19-/m1/s1. The molecule has 1 aromatic rings. The third kappa shape index (κ3) is 4.47. The zero-order valence-electron chi connectivity index (χ0n) is 15.3. The predicted molar refractivity (Wildman–Crippen MR) is 93.7 cm³/mol. The van der Waals surface area contributed by atoms with Crippen LogP contribution in [0.4, 0.5) is 9.18 Å². The van der Waals surface area contributed by atoms with Crippen LogP contribution in [-0.2, 0) is 4.74 Å². The highest BCUT2D eigenvalue weighted by molar-refractivity contribution is 5.69. The Hall–Kier alpha value is -1.62. The average molecular weight is 336 g/mol. The number of likely N-dealkylation sites (tertiary alicyclic amines) is 1. The monoisotopic (exact) mass is 336 g/mol. The molecule has 0 radical (unpaired) electrons. The molecular formula is C19H29FN2O2. The van der Waals surface area contributed by atoms with Crippen LogP contribution in [-0.4, -0.2) is 41.9 Å². The van der Waals surface area contributed by atoms with Gasteiger partial charge in [-0.05, 0) is 40.2 Å². The van der Waals surface area contributed by atoms with E-state index in [9.17, 15) is 9.18 Å². The summed E-state index contributed by atoms with van der Waals surface area (Å²) in [7, 11) is 0. The van der Waals surface area contributed by atoms with Crippen molar-refractivity contribution in [1.82, 2.24) is 10.2 Å². The second kappa shape index (κ2) is 7.09. The molecule has 1 aliphatic heterocycles. The largest absolute Gasteiger partial charge is 0.444 e. The molecule has 0 aliphatic carbocycles.